The molecule has 3 rings (SSSR count). The summed E-state index contributed by atoms with van der Waals surface area (Å²) < 4.78 is 45.5. The normalized spacial score (nSPS) is 43.6. The molecule has 3 fully saturated rings. The van der Waals surface area contributed by atoms with Crippen molar-refractivity contribution in [1.82, 2.24) is 10.2 Å². The lowest BCUT2D eigenvalue weighted by Gasteiger charge is -2.47. The molecule has 0 radical (unpaired) electrons. The molecule has 3 heterocycles. The molecule has 0 bridgehead atoms. The fraction of sp³-hybridized carbons (Fsp3) is 0.812. The lowest BCUT2D eigenvalue weighted by molar-refractivity contribution is -0.296. The van der Waals surface area contributed by atoms with E-state index in [0.717, 1.165) is 0 Å². The highest BCUT2D eigenvalue weighted by atomic mass is 19.1. The molecule has 12 nitrogen and oxygen atoms in total. The minimum atomic E-state index is -2.71. The number of carbonyl (C=O) groups excluding carboxylic acids is 4. The Hall–Kier alpha value is -2.45. The molecule has 2 N–H and O–H groups in total. The number of fused-ring (bicyclic) bond motifs is 1. The standard InChI is InChI=1S/C32H51FN2O10/c1-11-13-41-31(7)15-16(3)23(36)18(5)26-32(8,45-30(40)34-26)21(12-2)43-28(39)22(33)24(37)19(6)27(31)44-29-25(38)20(35(9)10)14-17(4)42-29/h11,16-22,25-27,29,38H,1,12-15H2,2-10H3,(H,34,40)/t16-,17-,18-,19+,20+,21+,22?,25-,26-,27-,29+,31+,32-/m1/s1. The number of halogens is 1. The van der Waals surface area contributed by atoms with Gasteiger partial charge in [0.25, 0.3) is 6.17 Å². The molecule has 0 aromatic rings. The summed E-state index contributed by atoms with van der Waals surface area (Å²) >= 11 is 0. The minimum absolute atomic E-state index is 0.00137. The van der Waals surface area contributed by atoms with Gasteiger partial charge in [0.1, 0.15) is 18.0 Å². The molecule has 13 heteroatoms. The van der Waals surface area contributed by atoms with E-state index in [1.807, 2.05) is 25.9 Å². The number of Topliss-reactive ketones (excluding diaryl/α,β-unsaturated/α-hetero) is 2. The van der Waals surface area contributed by atoms with E-state index in [2.05, 4.69) is 11.9 Å². The number of rotatable bonds is 7. The number of ether oxygens (including phenoxy) is 5. The molecule has 3 aliphatic heterocycles. The summed E-state index contributed by atoms with van der Waals surface area (Å²) in [5.74, 6) is -5.70. The number of nitrogens with zero attached hydrogens (tertiary/aromatic N) is 1. The zero-order chi connectivity index (χ0) is 34.0. The van der Waals surface area contributed by atoms with Crippen LogP contribution in [-0.2, 0) is 38.1 Å². The Morgan fingerprint density at radius 3 is 2.33 bits per heavy atom. The smallest absolute Gasteiger partial charge is 0.408 e. The van der Waals surface area contributed by atoms with Crippen molar-refractivity contribution in [1.29, 1.82) is 0 Å². The van der Waals surface area contributed by atoms with Crippen LogP contribution in [0.3, 0.4) is 0 Å². The van der Waals surface area contributed by atoms with Crippen molar-refractivity contribution >= 4 is 23.6 Å². The van der Waals surface area contributed by atoms with E-state index in [-0.39, 0.29) is 37.4 Å². The molecule has 3 aliphatic rings. The fourth-order valence-electron chi connectivity index (χ4n) is 7.17. The van der Waals surface area contributed by atoms with E-state index in [4.69, 9.17) is 23.7 Å². The van der Waals surface area contributed by atoms with Gasteiger partial charge >= 0.3 is 12.1 Å². The van der Waals surface area contributed by atoms with Gasteiger partial charge in [0.15, 0.2) is 17.7 Å². The predicted molar refractivity (Wildman–Crippen MR) is 161 cm³/mol. The third kappa shape index (κ3) is 7.59. The van der Waals surface area contributed by atoms with Gasteiger partial charge in [-0.1, -0.05) is 33.8 Å². The first kappa shape index (κ1) is 37.0. The monoisotopic (exact) mass is 642 g/mol. The summed E-state index contributed by atoms with van der Waals surface area (Å²) in [6.07, 6.45) is -6.56. The quantitative estimate of drug-likeness (QED) is 0.240. The van der Waals surface area contributed by atoms with Crippen LogP contribution in [-0.4, -0.2) is 115 Å². The zero-order valence-corrected chi connectivity index (χ0v) is 27.9. The number of likely N-dealkylation sites (N-methyl/N-ethyl adjacent to an activating group) is 1. The van der Waals surface area contributed by atoms with Crippen LogP contribution < -0.4 is 5.32 Å². The first-order valence-corrected chi connectivity index (χ1v) is 15.7. The number of alkyl halides is 1. The molecule has 0 spiro atoms. The molecule has 13 atom stereocenters. The van der Waals surface area contributed by atoms with Crippen molar-refractivity contribution < 1.29 is 52.4 Å². The van der Waals surface area contributed by atoms with Crippen LogP contribution in [0.2, 0.25) is 0 Å². The molecule has 256 valence electrons. The van der Waals surface area contributed by atoms with Crippen LogP contribution in [0.15, 0.2) is 12.7 Å². The number of ketones is 2. The second-order valence-corrected chi connectivity index (χ2v) is 13.4. The Balaban J connectivity index is 2.14. The van der Waals surface area contributed by atoms with Gasteiger partial charge in [-0.05, 0) is 54.1 Å². The number of hydrogen-bond acceptors (Lipinski definition) is 11. The van der Waals surface area contributed by atoms with Gasteiger partial charge in [0, 0.05) is 23.8 Å². The Kier molecular flexibility index (Phi) is 12.0. The molecule has 3 saturated heterocycles. The molecular weight excluding hydrogens is 591 g/mol. The maximum Gasteiger partial charge on any atom is 0.408 e. The van der Waals surface area contributed by atoms with Crippen molar-refractivity contribution in [2.45, 2.75) is 128 Å². The van der Waals surface area contributed by atoms with E-state index >= 15 is 4.39 Å². The highest BCUT2D eigenvalue weighted by molar-refractivity contribution is 6.03. The number of amides is 1. The van der Waals surface area contributed by atoms with Crippen LogP contribution in [0.5, 0.6) is 0 Å². The van der Waals surface area contributed by atoms with Crippen molar-refractivity contribution in [3.05, 3.63) is 12.7 Å². The number of alkyl carbamates (subject to hydrolysis) is 1. The summed E-state index contributed by atoms with van der Waals surface area (Å²) in [5.41, 5.74) is -2.97. The summed E-state index contributed by atoms with van der Waals surface area (Å²) in [5, 5.41) is 13.9. The highest BCUT2D eigenvalue weighted by Gasteiger charge is 2.57. The molecule has 0 aromatic heterocycles. The van der Waals surface area contributed by atoms with E-state index in [9.17, 15) is 24.3 Å². The number of cyclic esters (lactones) is 1. The Morgan fingerprint density at radius 1 is 1.11 bits per heavy atom. The van der Waals surface area contributed by atoms with Crippen LogP contribution in [0.1, 0.15) is 67.7 Å². The van der Waals surface area contributed by atoms with Crippen LogP contribution >= 0.6 is 0 Å². The molecular formula is C32H51FN2O10. The lowest BCUT2D eigenvalue weighted by atomic mass is 9.74. The van der Waals surface area contributed by atoms with Crippen LogP contribution in [0.25, 0.3) is 0 Å². The van der Waals surface area contributed by atoms with Gasteiger partial charge in [0.2, 0.25) is 0 Å². The fourth-order valence-corrected chi connectivity index (χ4v) is 7.17. The maximum absolute atomic E-state index is 15.8. The predicted octanol–water partition coefficient (Wildman–Crippen LogP) is 2.74. The summed E-state index contributed by atoms with van der Waals surface area (Å²) in [6, 6.07) is -1.27. The SMILES string of the molecule is C=CCO[C@@]1(C)C[C@@H](C)C(=O)[C@@H](C)[C@H]2NC(=O)O[C@]2(C)[C@H](CC)OC(=O)C(F)C(=O)[C@H](C)[C@H]1O[C@@H]1O[C@H](C)C[C@H](N(C)C)[C@H]1O. The lowest BCUT2D eigenvalue weighted by Crippen LogP contribution is -2.60. The second-order valence-electron chi connectivity index (χ2n) is 13.4. The van der Waals surface area contributed by atoms with E-state index in [1.165, 1.54) is 19.9 Å². The van der Waals surface area contributed by atoms with Crippen molar-refractivity contribution in [3.8, 4) is 0 Å². The molecule has 0 aliphatic carbocycles. The van der Waals surface area contributed by atoms with Gasteiger partial charge in [-0.25, -0.2) is 14.0 Å². The van der Waals surface area contributed by atoms with E-state index < -0.39 is 83.6 Å². The first-order valence-electron chi connectivity index (χ1n) is 15.7. The Morgan fingerprint density at radius 2 is 1.76 bits per heavy atom. The highest BCUT2D eigenvalue weighted by Crippen LogP contribution is 2.40. The van der Waals surface area contributed by atoms with Gasteiger partial charge in [0.05, 0.1) is 30.5 Å². The summed E-state index contributed by atoms with van der Waals surface area (Å²) in [7, 11) is 3.63. The first-order chi connectivity index (χ1) is 20.9. The molecule has 0 aromatic carbocycles. The number of carbonyl (C=O) groups is 4. The van der Waals surface area contributed by atoms with Crippen LogP contribution in [0.4, 0.5) is 9.18 Å². The average molecular weight is 643 g/mol. The summed E-state index contributed by atoms with van der Waals surface area (Å²) in [6.45, 7) is 15.1. The number of aliphatic hydroxyl groups excluding tert-OH is 1. The average Bonchev–Trinajstić information content (AvgIpc) is 3.30. The van der Waals surface area contributed by atoms with E-state index in [0.29, 0.717) is 6.42 Å². The summed E-state index contributed by atoms with van der Waals surface area (Å²) in [4.78, 5) is 55.2. The van der Waals surface area contributed by atoms with Crippen molar-refractivity contribution in [2.24, 2.45) is 17.8 Å². The second kappa shape index (κ2) is 14.5. The molecule has 1 unspecified atom stereocenters. The Bertz CT molecular complexity index is 1120. The number of aliphatic hydroxyl groups is 1. The van der Waals surface area contributed by atoms with Crippen molar-refractivity contribution in [3.63, 3.8) is 0 Å². The van der Waals surface area contributed by atoms with Gasteiger partial charge < -0.3 is 39.0 Å². The third-order valence-electron chi connectivity index (χ3n) is 9.67. The van der Waals surface area contributed by atoms with Gasteiger partial charge in [-0.2, -0.15) is 0 Å². The number of hydrogen-bond donors (Lipinski definition) is 2. The molecule has 0 saturated carbocycles. The van der Waals surface area contributed by atoms with Gasteiger partial charge in [-0.15, -0.1) is 6.58 Å². The minimum Gasteiger partial charge on any atom is -0.456 e. The van der Waals surface area contributed by atoms with E-state index in [1.54, 1.807) is 27.7 Å². The number of nitrogens with one attached hydrogen (secondary N) is 1. The largest absolute Gasteiger partial charge is 0.456 e. The molecule has 1 amide bonds. The van der Waals surface area contributed by atoms with Crippen LogP contribution in [0, 0.1) is 17.8 Å². The third-order valence-corrected chi connectivity index (χ3v) is 9.67. The maximum atomic E-state index is 15.8. The van der Waals surface area contributed by atoms with Crippen molar-refractivity contribution in [2.75, 3.05) is 20.7 Å². The Labute approximate surface area is 265 Å². The number of esters is 1. The van der Waals surface area contributed by atoms with Gasteiger partial charge in [-0.3, -0.25) is 9.59 Å². The topological polar surface area (TPSA) is 150 Å². The molecule has 45 heavy (non-hydrogen) atoms. The zero-order valence-electron chi connectivity index (χ0n) is 27.9.